The number of nitriles is 1. The highest BCUT2D eigenvalue weighted by Gasteiger charge is 2.21. The molecule has 1 fully saturated rings. The van der Waals surface area contributed by atoms with E-state index in [1.807, 2.05) is 32.0 Å². The standard InChI is InChI=1S/C20H22FN3O/c1-14-10-16(20(25)11-15(14)2)13-23-6-8-24(9-7-23)19-5-3-4-18(21)17(19)12-22/h3-5,10-11,25H,6-9,13H2,1-2H3. The van der Waals surface area contributed by atoms with Gasteiger partial charge in [-0.3, -0.25) is 4.90 Å². The lowest BCUT2D eigenvalue weighted by molar-refractivity contribution is 0.246. The van der Waals surface area contributed by atoms with Crippen molar-refractivity contribution in [3.63, 3.8) is 0 Å². The molecule has 0 aromatic heterocycles. The first-order valence-electron chi connectivity index (χ1n) is 8.44. The Hall–Kier alpha value is -2.58. The van der Waals surface area contributed by atoms with Crippen molar-refractivity contribution in [3.8, 4) is 11.8 Å². The zero-order valence-corrected chi connectivity index (χ0v) is 14.6. The second kappa shape index (κ2) is 7.12. The molecule has 130 valence electrons. The lowest BCUT2D eigenvalue weighted by atomic mass is 10.0. The molecule has 0 bridgehead atoms. The highest BCUT2D eigenvalue weighted by Crippen LogP contribution is 2.26. The van der Waals surface area contributed by atoms with E-state index >= 15 is 0 Å². The van der Waals surface area contributed by atoms with Crippen molar-refractivity contribution in [2.24, 2.45) is 0 Å². The Kier molecular flexibility index (Phi) is 4.91. The first kappa shape index (κ1) is 17.2. The molecule has 1 heterocycles. The molecule has 1 saturated heterocycles. The summed E-state index contributed by atoms with van der Waals surface area (Å²) in [5, 5.41) is 19.4. The average molecular weight is 339 g/mol. The van der Waals surface area contributed by atoms with E-state index in [4.69, 9.17) is 0 Å². The number of aryl methyl sites for hydroxylation is 2. The molecule has 0 aliphatic carbocycles. The number of benzene rings is 2. The van der Waals surface area contributed by atoms with Crippen molar-refractivity contribution in [2.45, 2.75) is 20.4 Å². The van der Waals surface area contributed by atoms with Crippen LogP contribution < -0.4 is 4.90 Å². The molecule has 0 atom stereocenters. The molecule has 3 rings (SSSR count). The minimum absolute atomic E-state index is 0.114. The summed E-state index contributed by atoms with van der Waals surface area (Å²) in [6, 6.07) is 10.6. The Balaban J connectivity index is 1.68. The van der Waals surface area contributed by atoms with Gasteiger partial charge in [0, 0.05) is 38.3 Å². The summed E-state index contributed by atoms with van der Waals surface area (Å²) in [6.45, 7) is 7.77. The van der Waals surface area contributed by atoms with Crippen LogP contribution in [-0.2, 0) is 6.54 Å². The van der Waals surface area contributed by atoms with Crippen molar-refractivity contribution in [1.29, 1.82) is 5.26 Å². The zero-order valence-electron chi connectivity index (χ0n) is 14.6. The van der Waals surface area contributed by atoms with E-state index < -0.39 is 5.82 Å². The van der Waals surface area contributed by atoms with Crippen molar-refractivity contribution >= 4 is 5.69 Å². The molecule has 0 radical (unpaired) electrons. The highest BCUT2D eigenvalue weighted by molar-refractivity contribution is 5.60. The van der Waals surface area contributed by atoms with Crippen molar-refractivity contribution in [3.05, 3.63) is 58.4 Å². The number of piperazine rings is 1. The number of hydrogen-bond acceptors (Lipinski definition) is 4. The van der Waals surface area contributed by atoms with Gasteiger partial charge < -0.3 is 10.0 Å². The molecule has 1 aliphatic heterocycles. The van der Waals surface area contributed by atoms with Crippen LogP contribution in [0.5, 0.6) is 5.75 Å². The van der Waals surface area contributed by atoms with E-state index in [1.54, 1.807) is 12.1 Å². The quantitative estimate of drug-likeness (QED) is 0.932. The monoisotopic (exact) mass is 339 g/mol. The SMILES string of the molecule is Cc1cc(O)c(CN2CCN(c3cccc(F)c3C#N)CC2)cc1C. The summed E-state index contributed by atoms with van der Waals surface area (Å²) < 4.78 is 13.8. The van der Waals surface area contributed by atoms with Crippen LogP contribution in [-0.4, -0.2) is 36.2 Å². The van der Waals surface area contributed by atoms with Gasteiger partial charge in [-0.1, -0.05) is 12.1 Å². The molecule has 1 aliphatic rings. The van der Waals surface area contributed by atoms with Crippen LogP contribution in [0.4, 0.5) is 10.1 Å². The fraction of sp³-hybridized carbons (Fsp3) is 0.350. The number of aromatic hydroxyl groups is 1. The van der Waals surface area contributed by atoms with Crippen LogP contribution in [0, 0.1) is 31.0 Å². The molecule has 25 heavy (non-hydrogen) atoms. The topological polar surface area (TPSA) is 50.5 Å². The van der Waals surface area contributed by atoms with Gasteiger partial charge in [-0.15, -0.1) is 0 Å². The number of halogens is 1. The van der Waals surface area contributed by atoms with Crippen molar-refractivity contribution in [2.75, 3.05) is 31.1 Å². The fourth-order valence-corrected chi connectivity index (χ4v) is 3.26. The van der Waals surface area contributed by atoms with Gasteiger partial charge in [0.2, 0.25) is 0 Å². The largest absolute Gasteiger partial charge is 0.508 e. The van der Waals surface area contributed by atoms with Gasteiger partial charge in [0.1, 0.15) is 23.2 Å². The van der Waals surface area contributed by atoms with Gasteiger partial charge in [0.05, 0.1) is 5.69 Å². The van der Waals surface area contributed by atoms with Crippen LogP contribution in [0.2, 0.25) is 0 Å². The molecular formula is C20H22FN3O. The second-order valence-electron chi connectivity index (χ2n) is 6.57. The lowest BCUT2D eigenvalue weighted by Gasteiger charge is -2.36. The fourth-order valence-electron chi connectivity index (χ4n) is 3.26. The number of rotatable bonds is 3. The highest BCUT2D eigenvalue weighted by atomic mass is 19.1. The molecule has 0 amide bonds. The normalized spacial score (nSPS) is 15.2. The average Bonchev–Trinajstić information content (AvgIpc) is 2.60. The smallest absolute Gasteiger partial charge is 0.143 e. The van der Waals surface area contributed by atoms with Crippen LogP contribution in [0.3, 0.4) is 0 Å². The van der Waals surface area contributed by atoms with E-state index in [0.717, 1.165) is 37.3 Å². The van der Waals surface area contributed by atoms with Crippen LogP contribution in [0.25, 0.3) is 0 Å². The first-order valence-corrected chi connectivity index (χ1v) is 8.44. The van der Waals surface area contributed by atoms with Crippen molar-refractivity contribution < 1.29 is 9.50 Å². The van der Waals surface area contributed by atoms with Crippen molar-refractivity contribution in [1.82, 2.24) is 4.90 Å². The molecular weight excluding hydrogens is 317 g/mol. The van der Waals surface area contributed by atoms with Gasteiger partial charge in [-0.2, -0.15) is 5.26 Å². The van der Waals surface area contributed by atoms with Gasteiger partial charge in [0.25, 0.3) is 0 Å². The lowest BCUT2D eigenvalue weighted by Crippen LogP contribution is -2.46. The number of nitrogens with zero attached hydrogens (tertiary/aromatic N) is 3. The predicted octanol–water partition coefficient (Wildman–Crippen LogP) is 3.34. The summed E-state index contributed by atoms with van der Waals surface area (Å²) in [7, 11) is 0. The van der Waals surface area contributed by atoms with Crippen LogP contribution >= 0.6 is 0 Å². The minimum Gasteiger partial charge on any atom is -0.508 e. The summed E-state index contributed by atoms with van der Waals surface area (Å²) in [5.41, 5.74) is 3.96. The Bertz CT molecular complexity index is 820. The summed E-state index contributed by atoms with van der Waals surface area (Å²) in [4.78, 5) is 4.32. The summed E-state index contributed by atoms with van der Waals surface area (Å²) in [5.74, 6) is -0.134. The number of phenols is 1. The van der Waals surface area contributed by atoms with Gasteiger partial charge in [0.15, 0.2) is 0 Å². The van der Waals surface area contributed by atoms with Gasteiger partial charge in [-0.05, 0) is 43.2 Å². The van der Waals surface area contributed by atoms with E-state index in [0.29, 0.717) is 18.0 Å². The third kappa shape index (κ3) is 3.59. The van der Waals surface area contributed by atoms with E-state index in [-0.39, 0.29) is 5.56 Å². The molecule has 2 aromatic carbocycles. The Morgan fingerprint density at radius 2 is 1.80 bits per heavy atom. The minimum atomic E-state index is -0.470. The van der Waals surface area contributed by atoms with Gasteiger partial charge in [-0.25, -0.2) is 4.39 Å². The molecule has 1 N–H and O–H groups in total. The van der Waals surface area contributed by atoms with Crippen LogP contribution in [0.15, 0.2) is 30.3 Å². The summed E-state index contributed by atoms with van der Waals surface area (Å²) >= 11 is 0. The zero-order chi connectivity index (χ0) is 18.0. The van der Waals surface area contributed by atoms with Gasteiger partial charge >= 0.3 is 0 Å². The Morgan fingerprint density at radius 1 is 1.12 bits per heavy atom. The molecule has 0 saturated carbocycles. The third-order valence-electron chi connectivity index (χ3n) is 4.91. The molecule has 0 unspecified atom stereocenters. The molecule has 5 heteroatoms. The van der Waals surface area contributed by atoms with Crippen LogP contribution in [0.1, 0.15) is 22.3 Å². The third-order valence-corrected chi connectivity index (χ3v) is 4.91. The number of hydrogen-bond donors (Lipinski definition) is 1. The molecule has 2 aromatic rings. The second-order valence-corrected chi connectivity index (χ2v) is 6.57. The van der Waals surface area contributed by atoms with E-state index in [9.17, 15) is 14.8 Å². The summed E-state index contributed by atoms with van der Waals surface area (Å²) in [6.07, 6.45) is 0. The Morgan fingerprint density at radius 3 is 2.48 bits per heavy atom. The maximum absolute atomic E-state index is 13.8. The maximum atomic E-state index is 13.8. The maximum Gasteiger partial charge on any atom is 0.143 e. The van der Waals surface area contributed by atoms with E-state index in [1.165, 1.54) is 11.6 Å². The number of anilines is 1. The molecule has 4 nitrogen and oxygen atoms in total. The van der Waals surface area contributed by atoms with E-state index in [2.05, 4.69) is 9.80 Å². The number of phenolic OH excluding ortho intramolecular Hbond substituents is 1. The Labute approximate surface area is 147 Å². The predicted molar refractivity (Wildman–Crippen MR) is 96.2 cm³/mol. The molecule has 0 spiro atoms. The first-order chi connectivity index (χ1) is 12.0.